The lowest BCUT2D eigenvalue weighted by Crippen LogP contribution is -2.21. The molecule has 1 aliphatic carbocycles. The van der Waals surface area contributed by atoms with E-state index in [9.17, 15) is 14.7 Å². The van der Waals surface area contributed by atoms with Crippen LogP contribution in [0.2, 0.25) is 0 Å². The molecule has 1 fully saturated rings. The molecule has 1 atom stereocenters. The summed E-state index contributed by atoms with van der Waals surface area (Å²) in [7, 11) is 0. The van der Waals surface area contributed by atoms with Crippen LogP contribution < -0.4 is 4.74 Å². The highest BCUT2D eigenvalue weighted by molar-refractivity contribution is 6.29. The van der Waals surface area contributed by atoms with Crippen LogP contribution in [0, 0.1) is 0 Å². The van der Waals surface area contributed by atoms with Gasteiger partial charge in [-0.1, -0.05) is 24.3 Å². The third-order valence-electron chi connectivity index (χ3n) is 3.82. The van der Waals surface area contributed by atoms with Crippen LogP contribution in [0.5, 0.6) is 11.5 Å². The van der Waals surface area contributed by atoms with Crippen LogP contribution in [0.15, 0.2) is 36.4 Å². The third kappa shape index (κ3) is 1.98. The van der Waals surface area contributed by atoms with E-state index < -0.39 is 0 Å². The summed E-state index contributed by atoms with van der Waals surface area (Å²) in [5, 5.41) is 10.1. The third-order valence-corrected chi connectivity index (χ3v) is 3.82. The highest BCUT2D eigenvalue weighted by Gasteiger charge is 2.32. The molecule has 22 heavy (non-hydrogen) atoms. The number of hydrogen-bond donors (Lipinski definition) is 1. The molecule has 0 spiro atoms. The molecule has 0 bridgehead atoms. The summed E-state index contributed by atoms with van der Waals surface area (Å²) in [6.07, 6.45) is 0.0660. The summed E-state index contributed by atoms with van der Waals surface area (Å²) in [5.41, 5.74) is 0.881. The molecule has 4 rings (SSSR count). The highest BCUT2D eigenvalue weighted by Crippen LogP contribution is 2.36. The fourth-order valence-electron chi connectivity index (χ4n) is 2.61. The SMILES string of the molecule is O=C1c2ccccc2C(=O)c2c(O)cc(OCC3CO3)cc21. The van der Waals surface area contributed by atoms with Crippen LogP contribution in [0.25, 0.3) is 0 Å². The number of aromatic hydroxyl groups is 1. The van der Waals surface area contributed by atoms with Gasteiger partial charge in [0.15, 0.2) is 11.6 Å². The second kappa shape index (κ2) is 4.68. The molecular weight excluding hydrogens is 284 g/mol. The van der Waals surface area contributed by atoms with Crippen LogP contribution in [0.4, 0.5) is 0 Å². The predicted molar refractivity (Wildman–Crippen MR) is 76.6 cm³/mol. The number of epoxide rings is 1. The van der Waals surface area contributed by atoms with Gasteiger partial charge in [-0.15, -0.1) is 0 Å². The molecule has 1 heterocycles. The Hall–Kier alpha value is -2.66. The van der Waals surface area contributed by atoms with Crippen molar-refractivity contribution in [1.82, 2.24) is 0 Å². The van der Waals surface area contributed by atoms with Crippen LogP contribution in [-0.4, -0.2) is 36.0 Å². The zero-order chi connectivity index (χ0) is 15.3. The number of carbonyl (C=O) groups excluding carboxylic acids is 2. The van der Waals surface area contributed by atoms with Gasteiger partial charge in [0, 0.05) is 22.8 Å². The highest BCUT2D eigenvalue weighted by atomic mass is 16.6. The van der Waals surface area contributed by atoms with E-state index in [4.69, 9.17) is 9.47 Å². The molecule has 0 aromatic heterocycles. The molecule has 5 heteroatoms. The Morgan fingerprint density at radius 2 is 1.77 bits per heavy atom. The molecule has 2 aromatic rings. The summed E-state index contributed by atoms with van der Waals surface area (Å²) < 4.78 is 10.5. The molecule has 1 N–H and O–H groups in total. The quantitative estimate of drug-likeness (QED) is 0.748. The number of hydrogen-bond acceptors (Lipinski definition) is 5. The Balaban J connectivity index is 1.79. The van der Waals surface area contributed by atoms with E-state index in [-0.39, 0.29) is 34.5 Å². The average Bonchev–Trinajstić information content (AvgIpc) is 3.34. The van der Waals surface area contributed by atoms with Crippen LogP contribution in [0.1, 0.15) is 31.8 Å². The Morgan fingerprint density at radius 3 is 2.45 bits per heavy atom. The standard InChI is InChI=1S/C17H12O5/c18-14-6-9(21-7-10-8-22-10)5-13-15(14)17(20)12-4-2-1-3-11(12)16(13)19/h1-6,10,18H,7-8H2. The number of ether oxygens (including phenoxy) is 2. The Kier molecular flexibility index (Phi) is 2.77. The maximum absolute atomic E-state index is 12.6. The monoisotopic (exact) mass is 296 g/mol. The summed E-state index contributed by atoms with van der Waals surface area (Å²) >= 11 is 0. The van der Waals surface area contributed by atoms with Crippen molar-refractivity contribution in [2.24, 2.45) is 0 Å². The second-order valence-electron chi connectivity index (χ2n) is 5.34. The van der Waals surface area contributed by atoms with Crippen LogP contribution in [0.3, 0.4) is 0 Å². The van der Waals surface area contributed by atoms with Crippen molar-refractivity contribution in [2.45, 2.75) is 6.10 Å². The van der Waals surface area contributed by atoms with Crippen molar-refractivity contribution in [1.29, 1.82) is 0 Å². The van der Waals surface area contributed by atoms with E-state index >= 15 is 0 Å². The van der Waals surface area contributed by atoms with Crippen molar-refractivity contribution in [3.05, 3.63) is 58.7 Å². The van der Waals surface area contributed by atoms with Crippen molar-refractivity contribution in [2.75, 3.05) is 13.2 Å². The Morgan fingerprint density at radius 1 is 1.09 bits per heavy atom. The Bertz CT molecular complexity index is 805. The van der Waals surface area contributed by atoms with E-state index in [0.717, 1.165) is 0 Å². The summed E-state index contributed by atoms with van der Waals surface area (Å²) in [5.74, 6) is -0.516. The first-order valence-corrected chi connectivity index (χ1v) is 6.95. The lowest BCUT2D eigenvalue weighted by Gasteiger charge is -2.19. The lowest BCUT2D eigenvalue weighted by atomic mass is 9.83. The molecule has 1 aliphatic heterocycles. The maximum Gasteiger partial charge on any atom is 0.198 e. The minimum Gasteiger partial charge on any atom is -0.507 e. The molecule has 2 aliphatic rings. The maximum atomic E-state index is 12.6. The first-order valence-electron chi connectivity index (χ1n) is 6.95. The van der Waals surface area contributed by atoms with Crippen molar-refractivity contribution >= 4 is 11.6 Å². The number of fused-ring (bicyclic) bond motifs is 2. The lowest BCUT2D eigenvalue weighted by molar-refractivity contribution is 0.0976. The summed E-state index contributed by atoms with van der Waals surface area (Å²) in [6.45, 7) is 1.01. The molecule has 1 unspecified atom stereocenters. The van der Waals surface area contributed by atoms with Crippen molar-refractivity contribution < 1.29 is 24.2 Å². The number of benzene rings is 2. The van der Waals surface area contributed by atoms with E-state index in [2.05, 4.69) is 0 Å². The second-order valence-corrected chi connectivity index (χ2v) is 5.34. The summed E-state index contributed by atoms with van der Waals surface area (Å²) in [6, 6.07) is 9.47. The molecule has 1 saturated heterocycles. The van der Waals surface area contributed by atoms with E-state index in [1.807, 2.05) is 0 Å². The zero-order valence-electron chi connectivity index (χ0n) is 11.5. The van der Waals surface area contributed by atoms with Crippen LogP contribution >= 0.6 is 0 Å². The zero-order valence-corrected chi connectivity index (χ0v) is 11.5. The van der Waals surface area contributed by atoms with Gasteiger partial charge in [-0.3, -0.25) is 9.59 Å². The van der Waals surface area contributed by atoms with Gasteiger partial charge in [0.2, 0.25) is 0 Å². The van der Waals surface area contributed by atoms with E-state index in [1.165, 1.54) is 12.1 Å². The van der Waals surface area contributed by atoms with Gasteiger partial charge in [-0.05, 0) is 6.07 Å². The fourth-order valence-corrected chi connectivity index (χ4v) is 2.61. The first-order chi connectivity index (χ1) is 10.6. The number of ketones is 2. The first kappa shape index (κ1) is 13.0. The normalized spacial score (nSPS) is 18.6. The molecule has 2 aromatic carbocycles. The van der Waals surface area contributed by atoms with Gasteiger partial charge in [0.05, 0.1) is 12.2 Å². The van der Waals surface area contributed by atoms with Gasteiger partial charge in [-0.2, -0.15) is 0 Å². The average molecular weight is 296 g/mol. The van der Waals surface area contributed by atoms with Crippen molar-refractivity contribution in [3.8, 4) is 11.5 Å². The Labute approximate surface area is 126 Å². The van der Waals surface area contributed by atoms with Gasteiger partial charge < -0.3 is 14.6 Å². The van der Waals surface area contributed by atoms with Gasteiger partial charge >= 0.3 is 0 Å². The molecule has 0 radical (unpaired) electrons. The molecule has 0 amide bonds. The number of rotatable bonds is 3. The number of phenols is 1. The predicted octanol–water partition coefficient (Wildman–Crippen LogP) is 1.95. The summed E-state index contributed by atoms with van der Waals surface area (Å²) in [4.78, 5) is 25.1. The molecule has 110 valence electrons. The largest absolute Gasteiger partial charge is 0.507 e. The number of carbonyl (C=O) groups is 2. The van der Waals surface area contributed by atoms with Gasteiger partial charge in [0.1, 0.15) is 24.2 Å². The molecule has 0 saturated carbocycles. The molecule has 5 nitrogen and oxygen atoms in total. The smallest absolute Gasteiger partial charge is 0.198 e. The minimum atomic E-state index is -0.347. The van der Waals surface area contributed by atoms with Gasteiger partial charge in [0.25, 0.3) is 0 Å². The fraction of sp³-hybridized carbons (Fsp3) is 0.176. The minimum absolute atomic E-state index is 0.0405. The topological polar surface area (TPSA) is 76.1 Å². The van der Waals surface area contributed by atoms with Crippen molar-refractivity contribution in [3.63, 3.8) is 0 Å². The van der Waals surface area contributed by atoms with E-state index in [1.54, 1.807) is 24.3 Å². The molecular formula is C17H12O5. The van der Waals surface area contributed by atoms with Gasteiger partial charge in [-0.25, -0.2) is 0 Å². The van der Waals surface area contributed by atoms with E-state index in [0.29, 0.717) is 30.1 Å². The number of phenolic OH excluding ortho intramolecular Hbond substituents is 1. The van der Waals surface area contributed by atoms with Crippen LogP contribution in [-0.2, 0) is 4.74 Å².